The normalized spacial score (nSPS) is 10.9. The van der Waals surface area contributed by atoms with Crippen LogP contribution in [0, 0.1) is 0 Å². The Hall–Kier alpha value is -0.999. The maximum absolute atomic E-state index is 11.7. The van der Waals surface area contributed by atoms with Crippen molar-refractivity contribution in [3.05, 3.63) is 77.8 Å². The van der Waals surface area contributed by atoms with Gasteiger partial charge in [0.1, 0.15) is 5.60 Å². The summed E-state index contributed by atoms with van der Waals surface area (Å²) < 4.78 is 5.37. The van der Waals surface area contributed by atoms with Gasteiger partial charge in [-0.25, -0.2) is 0 Å². The number of hydrogen-bond acceptors (Lipinski definition) is 2. The second-order valence-corrected chi connectivity index (χ2v) is 16.1. The second-order valence-electron chi connectivity index (χ2n) is 8.48. The van der Waals surface area contributed by atoms with Crippen molar-refractivity contribution in [1.29, 1.82) is 0 Å². The number of nitrogens with zero attached hydrogens (tertiary/aromatic N) is 1. The monoisotopic (exact) mass is 481 g/mol. The molecule has 0 aliphatic carbocycles. The molecule has 1 amide bonds. The summed E-state index contributed by atoms with van der Waals surface area (Å²) in [6, 6.07) is 19.8. The third kappa shape index (κ3) is 14.9. The second kappa shape index (κ2) is 14.9. The Morgan fingerprint density at radius 3 is 1.83 bits per heavy atom. The summed E-state index contributed by atoms with van der Waals surface area (Å²) in [5.41, 5.74) is 2.15. The first-order valence-corrected chi connectivity index (χ1v) is 15.6. The first kappa shape index (κ1) is 31.2. The van der Waals surface area contributed by atoms with Gasteiger partial charge in [0.25, 0.3) is 0 Å². The van der Waals surface area contributed by atoms with Gasteiger partial charge in [0.15, 0.2) is 0 Å². The van der Waals surface area contributed by atoms with Gasteiger partial charge in [0.2, 0.25) is 6.09 Å². The van der Waals surface area contributed by atoms with Gasteiger partial charge in [-0.05, 0) is 19.9 Å². The number of amides is 1. The minimum absolute atomic E-state index is 0. The predicted molar refractivity (Wildman–Crippen MR) is 126 cm³/mol. The van der Waals surface area contributed by atoms with Crippen LogP contribution in [0.4, 0.5) is 10.5 Å². The van der Waals surface area contributed by atoms with E-state index in [4.69, 9.17) is 4.74 Å². The molecule has 0 aromatic heterocycles. The average Bonchev–Trinajstić information content (AvgIpc) is 2.61. The molecule has 2 radical (unpaired) electrons. The molecule has 2 rings (SSSR count). The summed E-state index contributed by atoms with van der Waals surface area (Å²) in [7, 11) is -1.51. The number of carbonyl (C=O) groups excluding carboxylic acids is 1. The smallest absolute Gasteiger partial charge is 0.591 e. The minimum Gasteiger partial charge on any atom is -0.591 e. The molecule has 2 aromatic rings. The quantitative estimate of drug-likeness (QED) is 0.611. The van der Waals surface area contributed by atoms with Crippen molar-refractivity contribution in [2.75, 3.05) is 0 Å². The molecule has 0 aliphatic rings. The van der Waals surface area contributed by atoms with Crippen molar-refractivity contribution in [2.45, 2.75) is 52.2 Å². The molecule has 162 valence electrons. The summed E-state index contributed by atoms with van der Waals surface area (Å²) in [5, 5.41) is 5.42. The van der Waals surface area contributed by atoms with Crippen molar-refractivity contribution in [1.82, 2.24) is 0 Å². The van der Waals surface area contributed by atoms with Crippen molar-refractivity contribution in [2.24, 2.45) is 0 Å². The van der Waals surface area contributed by atoms with Gasteiger partial charge >= 0.3 is 18.9 Å². The molecule has 0 fully saturated rings. The molecule has 0 N–H and O–H groups in total. The maximum Gasteiger partial charge on any atom is 1.00 e. The average molecular weight is 482 g/mol. The van der Waals surface area contributed by atoms with E-state index in [1.54, 1.807) is 12.1 Å². The Labute approximate surface area is 208 Å². The first-order valence-electron chi connectivity index (χ1n) is 9.54. The van der Waals surface area contributed by atoms with E-state index < -0.39 is 19.8 Å². The van der Waals surface area contributed by atoms with Gasteiger partial charge in [-0.2, -0.15) is 0 Å². The molecule has 0 aliphatic heterocycles. The Kier molecular flexibility index (Phi) is 15.5. The van der Waals surface area contributed by atoms with Crippen LogP contribution < -0.4 is 24.0 Å². The van der Waals surface area contributed by atoms with Crippen LogP contribution in [0.3, 0.4) is 0 Å². The van der Waals surface area contributed by atoms with Crippen LogP contribution in [-0.2, 0) is 21.8 Å². The van der Waals surface area contributed by atoms with Crippen LogP contribution in [0.15, 0.2) is 72.4 Å². The Bertz CT molecular complexity index is 749. The number of para-hydroxylation sites is 1. The summed E-state index contributed by atoms with van der Waals surface area (Å²) in [6.45, 7) is 15.0. The number of carbonyl (C=O) groups is 1. The zero-order valence-corrected chi connectivity index (χ0v) is 22.4. The molecule has 30 heavy (non-hydrogen) atoms. The Morgan fingerprint density at radius 2 is 1.43 bits per heavy atom. The molecular formula is C23H33CuLiNO2Si2. The zero-order chi connectivity index (χ0) is 21.2. The fourth-order valence-corrected chi connectivity index (χ4v) is 3.87. The van der Waals surface area contributed by atoms with E-state index in [0.717, 1.165) is 0 Å². The van der Waals surface area contributed by atoms with Crippen LogP contribution in [0.25, 0.3) is 5.32 Å². The molecule has 0 atom stereocenters. The van der Waals surface area contributed by atoms with Gasteiger partial charge < -0.3 is 10.1 Å². The van der Waals surface area contributed by atoms with Gasteiger partial charge in [-0.15, -0.1) is 5.69 Å². The summed E-state index contributed by atoms with van der Waals surface area (Å²) in [4.78, 5) is 11.7. The summed E-state index contributed by atoms with van der Waals surface area (Å²) >= 11 is 0. The topological polar surface area (TPSA) is 40.4 Å². The van der Waals surface area contributed by atoms with E-state index in [0.29, 0.717) is 5.69 Å². The van der Waals surface area contributed by atoms with E-state index in [1.165, 1.54) is 5.19 Å². The van der Waals surface area contributed by atoms with E-state index in [-0.39, 0.29) is 44.7 Å². The van der Waals surface area contributed by atoms with Crippen molar-refractivity contribution in [3.63, 3.8) is 0 Å². The van der Waals surface area contributed by atoms with Crippen LogP contribution >= 0.6 is 0 Å². The van der Waals surface area contributed by atoms with Gasteiger partial charge in [-0.1, -0.05) is 104 Å². The van der Waals surface area contributed by atoms with Crippen molar-refractivity contribution < 1.29 is 45.5 Å². The maximum atomic E-state index is 11.7. The van der Waals surface area contributed by atoms with Crippen molar-refractivity contribution >= 4 is 33.8 Å². The molecule has 3 nitrogen and oxygen atoms in total. The molecule has 0 bridgehead atoms. The molecule has 0 spiro atoms. The number of hydrogen-bond donors (Lipinski definition) is 0. The Balaban J connectivity index is 0. The van der Waals surface area contributed by atoms with Crippen molar-refractivity contribution in [3.8, 4) is 0 Å². The van der Waals surface area contributed by atoms with E-state index in [2.05, 4.69) is 74.1 Å². The molecular weight excluding hydrogens is 449 g/mol. The third-order valence-corrected chi connectivity index (χ3v) is 6.32. The Morgan fingerprint density at radius 1 is 0.967 bits per heavy atom. The van der Waals surface area contributed by atoms with E-state index in [9.17, 15) is 4.79 Å². The standard InChI is InChI=1S/C15H23NO2Si.C8H11Si.Cu.Li/c1-15(2,11-12-19(3,4)5)18-14(17)16-13-9-7-6-8-10-13;1-9(2)8-6-4-3-5-7-8;;/h6-12H,1-5H3,(H,16,17);3-7H,1-2H3;;/q;;;+1/p-1/b12-11-;;;. The number of ether oxygens (including phenoxy) is 1. The SMILES string of the molecule is CC(C)(/C=C\[Si](C)(C)C)OC(=O)[N-]c1ccccc1.C[Si](C)c1ccccc1.[Cu].[Li+]. The van der Waals surface area contributed by atoms with Gasteiger partial charge in [0.05, 0.1) is 16.9 Å². The van der Waals surface area contributed by atoms with E-state index in [1.807, 2.05) is 38.1 Å². The fraction of sp³-hybridized carbons (Fsp3) is 0.348. The molecule has 0 unspecified atom stereocenters. The summed E-state index contributed by atoms with van der Waals surface area (Å²) in [6.07, 6.45) is 1.40. The molecule has 2 aromatic carbocycles. The first-order chi connectivity index (χ1) is 13.0. The van der Waals surface area contributed by atoms with Crippen LogP contribution in [0.5, 0.6) is 0 Å². The number of rotatable bonds is 5. The minimum atomic E-state index is -1.29. The predicted octanol–water partition coefficient (Wildman–Crippen LogP) is 3.69. The van der Waals surface area contributed by atoms with Gasteiger partial charge in [0, 0.05) is 17.1 Å². The van der Waals surface area contributed by atoms with Crippen LogP contribution in [-0.4, -0.2) is 28.6 Å². The van der Waals surface area contributed by atoms with Gasteiger partial charge in [-0.3, -0.25) is 4.79 Å². The number of benzene rings is 2. The summed E-state index contributed by atoms with van der Waals surface area (Å²) in [5.74, 6) is 0. The molecule has 0 saturated carbocycles. The molecule has 0 saturated heterocycles. The third-order valence-electron chi connectivity index (χ3n) is 3.66. The fourth-order valence-electron chi connectivity index (χ4n) is 2.11. The zero-order valence-electron chi connectivity index (χ0n) is 19.5. The molecule has 7 heteroatoms. The molecule has 0 heterocycles. The van der Waals surface area contributed by atoms with E-state index >= 15 is 0 Å². The largest absolute Gasteiger partial charge is 1.00 e. The van der Waals surface area contributed by atoms with Crippen LogP contribution in [0.1, 0.15) is 13.8 Å². The van der Waals surface area contributed by atoms with Crippen LogP contribution in [0.2, 0.25) is 32.7 Å².